The van der Waals surface area contributed by atoms with E-state index >= 15 is 0 Å². The van der Waals surface area contributed by atoms with E-state index in [4.69, 9.17) is 4.74 Å². The Morgan fingerprint density at radius 2 is 1.94 bits per heavy atom. The van der Waals surface area contributed by atoms with Crippen LogP contribution in [0.4, 0.5) is 16.3 Å². The van der Waals surface area contributed by atoms with E-state index < -0.39 is 17.6 Å². The number of rotatable bonds is 6. The van der Waals surface area contributed by atoms with Crippen LogP contribution in [-0.2, 0) is 16.1 Å². The first kappa shape index (κ1) is 25.5. The Morgan fingerprint density at radius 3 is 2.64 bits per heavy atom. The Kier molecular flexibility index (Phi) is 7.52. The lowest BCUT2D eigenvalue weighted by Gasteiger charge is -2.27. The summed E-state index contributed by atoms with van der Waals surface area (Å²) in [6.45, 7) is 7.81. The fraction of sp³-hybridized carbons (Fsp3) is 0.435. The molecule has 3 heterocycles. The van der Waals surface area contributed by atoms with Crippen molar-refractivity contribution in [2.45, 2.75) is 33.0 Å². The van der Waals surface area contributed by atoms with Gasteiger partial charge in [0.25, 0.3) is 5.56 Å². The molecule has 1 saturated heterocycles. The number of hydrogen-bond acceptors (Lipinski definition) is 10. The minimum atomic E-state index is -0.699. The van der Waals surface area contributed by atoms with Crippen LogP contribution in [0.15, 0.2) is 29.1 Å². The van der Waals surface area contributed by atoms with Crippen LogP contribution in [0, 0.1) is 0 Å². The summed E-state index contributed by atoms with van der Waals surface area (Å²) in [6, 6.07) is 6.52. The molecule has 0 spiro atoms. The zero-order valence-corrected chi connectivity index (χ0v) is 21.1. The summed E-state index contributed by atoms with van der Waals surface area (Å²) in [5, 5.41) is 23.0. The van der Waals surface area contributed by atoms with Gasteiger partial charge < -0.3 is 30.7 Å². The summed E-state index contributed by atoms with van der Waals surface area (Å²) in [5.41, 5.74) is 0.606. The third-order valence-corrected chi connectivity index (χ3v) is 6.13. The van der Waals surface area contributed by atoms with Crippen LogP contribution in [-0.4, -0.2) is 70.0 Å². The number of fused-ring (bicyclic) bond motifs is 1. The number of hydrogen-bond donors (Lipinski definition) is 4. The van der Waals surface area contributed by atoms with Gasteiger partial charge in [-0.1, -0.05) is 11.3 Å². The van der Waals surface area contributed by atoms with Crippen molar-refractivity contribution >= 4 is 39.8 Å². The zero-order chi connectivity index (χ0) is 25.9. The van der Waals surface area contributed by atoms with Crippen LogP contribution in [0.3, 0.4) is 0 Å². The zero-order valence-electron chi connectivity index (χ0n) is 20.3. The van der Waals surface area contributed by atoms with E-state index in [0.29, 0.717) is 32.6 Å². The monoisotopic (exact) mass is 515 g/mol. The average Bonchev–Trinajstić information content (AvgIpc) is 3.27. The number of amides is 2. The maximum atomic E-state index is 12.7. The van der Waals surface area contributed by atoms with Gasteiger partial charge >= 0.3 is 6.09 Å². The molecule has 3 aromatic rings. The number of benzene rings is 1. The summed E-state index contributed by atoms with van der Waals surface area (Å²) in [6.07, 6.45) is -0.699. The SMILES string of the molecule is CC(C)(C)OC(=O)NCC(=O)Nc1cc(CO)cc(-c2nn3c(=O)cc(N4CCNCC4)nc3s2)c1. The lowest BCUT2D eigenvalue weighted by Crippen LogP contribution is -2.44. The van der Waals surface area contributed by atoms with E-state index in [1.54, 1.807) is 39.0 Å². The second kappa shape index (κ2) is 10.6. The number of aromatic nitrogens is 3. The molecular formula is C23H29N7O5S. The summed E-state index contributed by atoms with van der Waals surface area (Å²) >= 11 is 1.24. The highest BCUT2D eigenvalue weighted by Crippen LogP contribution is 2.29. The molecule has 1 fully saturated rings. The fourth-order valence-electron chi connectivity index (χ4n) is 3.62. The van der Waals surface area contributed by atoms with Crippen molar-refractivity contribution in [3.63, 3.8) is 0 Å². The van der Waals surface area contributed by atoms with Gasteiger partial charge in [-0.15, -0.1) is 0 Å². The standard InChI is InChI=1S/C23H29N7O5S/c1-23(2,3)35-22(34)25-12-18(32)26-16-9-14(13-31)8-15(10-16)20-28-30-19(33)11-17(27-21(30)36-20)29-6-4-24-5-7-29/h8-11,24,31H,4-7,12-13H2,1-3H3,(H,25,34)(H,26,32). The number of aliphatic hydroxyl groups excluding tert-OH is 1. The predicted molar refractivity (Wildman–Crippen MR) is 136 cm³/mol. The van der Waals surface area contributed by atoms with Gasteiger partial charge in [-0.05, 0) is 44.5 Å². The van der Waals surface area contributed by atoms with E-state index in [-0.39, 0.29) is 18.7 Å². The molecule has 2 amide bonds. The highest BCUT2D eigenvalue weighted by atomic mass is 32.1. The van der Waals surface area contributed by atoms with Crippen molar-refractivity contribution in [1.82, 2.24) is 25.2 Å². The molecule has 1 aliphatic rings. The summed E-state index contributed by atoms with van der Waals surface area (Å²) in [4.78, 5) is 44.0. The molecule has 13 heteroatoms. The smallest absolute Gasteiger partial charge is 0.408 e. The predicted octanol–water partition coefficient (Wildman–Crippen LogP) is 1.18. The van der Waals surface area contributed by atoms with Crippen molar-refractivity contribution in [2.75, 3.05) is 42.9 Å². The maximum Gasteiger partial charge on any atom is 0.408 e. The van der Waals surface area contributed by atoms with Crippen molar-refractivity contribution in [1.29, 1.82) is 0 Å². The number of alkyl carbamates (subject to hydrolysis) is 1. The molecular weight excluding hydrogens is 486 g/mol. The van der Waals surface area contributed by atoms with Gasteiger partial charge in [0.2, 0.25) is 10.9 Å². The molecule has 192 valence electrons. The topological polar surface area (TPSA) is 150 Å². The number of carbonyl (C=O) groups excluding carboxylic acids is 2. The molecule has 12 nitrogen and oxygen atoms in total. The van der Waals surface area contributed by atoms with Gasteiger partial charge in [-0.25, -0.2) is 9.78 Å². The first-order valence-corrected chi connectivity index (χ1v) is 12.3. The second-order valence-electron chi connectivity index (χ2n) is 9.27. The molecule has 36 heavy (non-hydrogen) atoms. The summed E-state index contributed by atoms with van der Waals surface area (Å²) < 4.78 is 6.38. The molecule has 1 aromatic carbocycles. The largest absolute Gasteiger partial charge is 0.444 e. The number of aliphatic hydroxyl groups is 1. The number of nitrogens with zero attached hydrogens (tertiary/aromatic N) is 4. The number of carbonyl (C=O) groups is 2. The molecule has 0 aliphatic carbocycles. The van der Waals surface area contributed by atoms with Crippen molar-refractivity contribution < 1.29 is 19.4 Å². The van der Waals surface area contributed by atoms with Crippen molar-refractivity contribution in [3.05, 3.63) is 40.2 Å². The van der Waals surface area contributed by atoms with E-state index in [2.05, 4.69) is 30.9 Å². The molecule has 0 saturated carbocycles. The molecule has 0 radical (unpaired) electrons. The molecule has 1 aliphatic heterocycles. The van der Waals surface area contributed by atoms with Crippen LogP contribution in [0.5, 0.6) is 0 Å². The van der Waals surface area contributed by atoms with E-state index in [1.165, 1.54) is 21.9 Å². The van der Waals surface area contributed by atoms with E-state index in [9.17, 15) is 19.5 Å². The molecule has 2 aromatic heterocycles. The normalized spacial score (nSPS) is 14.1. The molecule has 0 atom stereocenters. The quantitative estimate of drug-likeness (QED) is 0.379. The third kappa shape index (κ3) is 6.36. The van der Waals surface area contributed by atoms with Crippen molar-refractivity contribution in [3.8, 4) is 10.6 Å². The Bertz CT molecular complexity index is 1320. The molecule has 4 N–H and O–H groups in total. The fourth-order valence-corrected chi connectivity index (χ4v) is 4.51. The van der Waals surface area contributed by atoms with Gasteiger partial charge in [0.15, 0.2) is 0 Å². The summed E-state index contributed by atoms with van der Waals surface area (Å²) in [5.74, 6) is 0.149. The minimum absolute atomic E-state index is 0.261. The van der Waals surface area contributed by atoms with Gasteiger partial charge in [0.1, 0.15) is 23.0 Å². The molecule has 0 unspecified atom stereocenters. The second-order valence-corrected chi connectivity index (χ2v) is 10.2. The van der Waals surface area contributed by atoms with Crippen LogP contribution < -0.4 is 26.4 Å². The first-order valence-electron chi connectivity index (χ1n) is 11.5. The van der Waals surface area contributed by atoms with E-state index in [1.807, 2.05) is 0 Å². The first-order chi connectivity index (χ1) is 17.1. The lowest BCUT2D eigenvalue weighted by molar-refractivity contribution is -0.115. The molecule has 4 rings (SSSR count). The van der Waals surface area contributed by atoms with Gasteiger partial charge in [-0.2, -0.15) is 9.61 Å². The highest BCUT2D eigenvalue weighted by Gasteiger charge is 2.18. The Labute approximate surface area is 211 Å². The maximum absolute atomic E-state index is 12.7. The van der Waals surface area contributed by atoms with E-state index in [0.717, 1.165) is 26.2 Å². The summed E-state index contributed by atoms with van der Waals surface area (Å²) in [7, 11) is 0. The van der Waals surface area contributed by atoms with Crippen LogP contribution in [0.25, 0.3) is 15.5 Å². The Balaban J connectivity index is 1.54. The Hall–Kier alpha value is -3.55. The van der Waals surface area contributed by atoms with Crippen LogP contribution in [0.2, 0.25) is 0 Å². The minimum Gasteiger partial charge on any atom is -0.444 e. The van der Waals surface area contributed by atoms with Crippen LogP contribution in [0.1, 0.15) is 26.3 Å². The van der Waals surface area contributed by atoms with Gasteiger partial charge in [0.05, 0.1) is 6.61 Å². The number of ether oxygens (including phenoxy) is 1. The molecule has 0 bridgehead atoms. The average molecular weight is 516 g/mol. The van der Waals surface area contributed by atoms with Crippen LogP contribution >= 0.6 is 11.3 Å². The number of anilines is 2. The third-order valence-electron chi connectivity index (χ3n) is 5.17. The Morgan fingerprint density at radius 1 is 1.19 bits per heavy atom. The highest BCUT2D eigenvalue weighted by molar-refractivity contribution is 7.19. The van der Waals surface area contributed by atoms with Crippen molar-refractivity contribution in [2.24, 2.45) is 0 Å². The number of piperazine rings is 1. The lowest BCUT2D eigenvalue weighted by atomic mass is 10.1. The number of nitrogens with one attached hydrogen (secondary N) is 3. The van der Waals surface area contributed by atoms with Gasteiger partial charge in [-0.3, -0.25) is 9.59 Å². The van der Waals surface area contributed by atoms with Gasteiger partial charge in [0, 0.05) is 43.5 Å².